The monoisotopic (exact) mass is 546 g/mol. The van der Waals surface area contributed by atoms with Gasteiger partial charge >= 0.3 is 0 Å². The number of aryl methyl sites for hydroxylation is 1. The van der Waals surface area contributed by atoms with Crippen molar-refractivity contribution in [2.45, 2.75) is 51.8 Å². The quantitative estimate of drug-likeness (QED) is 0.204. The normalized spacial score (nSPS) is 21.3. The van der Waals surface area contributed by atoms with E-state index >= 15 is 0 Å². The molecule has 2 unspecified atom stereocenters. The summed E-state index contributed by atoms with van der Waals surface area (Å²) < 4.78 is 17.2. The van der Waals surface area contributed by atoms with Crippen molar-refractivity contribution in [1.29, 1.82) is 0 Å². The van der Waals surface area contributed by atoms with Gasteiger partial charge in [-0.3, -0.25) is 4.90 Å². The van der Waals surface area contributed by atoms with E-state index in [4.69, 9.17) is 19.2 Å². The predicted molar refractivity (Wildman–Crippen MR) is 136 cm³/mol. The number of benzene rings is 1. The number of rotatable bonds is 10. The fraction of sp³-hybridized carbons (Fsp3) is 0.696. The molecule has 0 radical (unpaired) electrons. The average molecular weight is 546 g/mol. The van der Waals surface area contributed by atoms with Gasteiger partial charge in [-0.1, -0.05) is 12.1 Å². The zero-order chi connectivity index (χ0) is 21.2. The van der Waals surface area contributed by atoms with Gasteiger partial charge in [-0.15, -0.1) is 24.0 Å². The number of ether oxygens (including phenoxy) is 3. The summed E-state index contributed by atoms with van der Waals surface area (Å²) >= 11 is 0. The van der Waals surface area contributed by atoms with Gasteiger partial charge in [0.1, 0.15) is 5.75 Å². The molecule has 2 aliphatic rings. The highest BCUT2D eigenvalue weighted by Gasteiger charge is 2.32. The number of hydrogen-bond donors (Lipinski definition) is 2. The standard InChI is InChI=1S/C23H38N4O3.HI/c1-4-24-23(26-15-21-16-27-10-5-7-20(27)17-30-21)25-14-19-9-8-18(2)13-22(19)29-12-6-11-28-3;/h8-9,13,20-21H,4-7,10-12,14-17H2,1-3H3,(H2,24,25,26);1H. The molecule has 2 heterocycles. The van der Waals surface area contributed by atoms with Gasteiger partial charge in [0, 0.05) is 51.4 Å². The topological polar surface area (TPSA) is 67.4 Å². The van der Waals surface area contributed by atoms with E-state index in [9.17, 15) is 0 Å². The van der Waals surface area contributed by atoms with Crippen molar-refractivity contribution >= 4 is 29.9 Å². The lowest BCUT2D eigenvalue weighted by Gasteiger charge is -2.35. The number of aliphatic imine (C=N–C) groups is 1. The van der Waals surface area contributed by atoms with Crippen LogP contribution in [0, 0.1) is 6.92 Å². The number of morpholine rings is 1. The van der Waals surface area contributed by atoms with Crippen LogP contribution in [0.15, 0.2) is 23.2 Å². The molecule has 2 aliphatic heterocycles. The van der Waals surface area contributed by atoms with Gasteiger partial charge in [0.05, 0.1) is 25.9 Å². The van der Waals surface area contributed by atoms with Crippen molar-refractivity contribution in [3.63, 3.8) is 0 Å². The molecule has 2 N–H and O–H groups in total. The Morgan fingerprint density at radius 3 is 2.97 bits per heavy atom. The summed E-state index contributed by atoms with van der Waals surface area (Å²) in [6.07, 6.45) is 3.65. The van der Waals surface area contributed by atoms with Crippen LogP contribution in [-0.2, 0) is 16.0 Å². The van der Waals surface area contributed by atoms with Crippen LogP contribution in [0.2, 0.25) is 0 Å². The van der Waals surface area contributed by atoms with Crippen molar-refractivity contribution in [3.8, 4) is 5.75 Å². The SMILES string of the molecule is CCNC(=NCc1ccc(C)cc1OCCCOC)NCC1CN2CCCC2CO1.I. The number of hydrogen-bond acceptors (Lipinski definition) is 5. The van der Waals surface area contributed by atoms with Gasteiger partial charge in [0.25, 0.3) is 0 Å². The number of nitrogens with one attached hydrogen (secondary N) is 2. The smallest absolute Gasteiger partial charge is 0.191 e. The molecule has 0 bridgehead atoms. The number of nitrogens with zero attached hydrogens (tertiary/aromatic N) is 2. The molecule has 0 amide bonds. The van der Waals surface area contributed by atoms with E-state index in [0.717, 1.165) is 49.9 Å². The molecular weight excluding hydrogens is 507 g/mol. The minimum Gasteiger partial charge on any atom is -0.493 e. The molecule has 1 aromatic carbocycles. The first-order chi connectivity index (χ1) is 14.7. The number of fused-ring (bicyclic) bond motifs is 1. The van der Waals surface area contributed by atoms with Gasteiger partial charge < -0.3 is 24.8 Å². The molecule has 0 saturated carbocycles. The van der Waals surface area contributed by atoms with Gasteiger partial charge in [0.15, 0.2) is 5.96 Å². The first-order valence-corrected chi connectivity index (χ1v) is 11.3. The average Bonchev–Trinajstić information content (AvgIpc) is 3.22. The lowest BCUT2D eigenvalue weighted by Crippen LogP contribution is -2.51. The maximum absolute atomic E-state index is 6.06. The first-order valence-electron chi connectivity index (χ1n) is 11.3. The fourth-order valence-electron chi connectivity index (χ4n) is 4.04. The highest BCUT2D eigenvalue weighted by atomic mass is 127. The van der Waals surface area contributed by atoms with Crippen molar-refractivity contribution in [2.75, 3.05) is 53.1 Å². The third kappa shape index (κ3) is 8.40. The number of guanidine groups is 1. The maximum Gasteiger partial charge on any atom is 0.191 e. The van der Waals surface area contributed by atoms with Gasteiger partial charge in [-0.25, -0.2) is 4.99 Å². The van der Waals surface area contributed by atoms with Crippen LogP contribution in [0.25, 0.3) is 0 Å². The van der Waals surface area contributed by atoms with E-state index in [0.29, 0.717) is 25.8 Å². The number of methoxy groups -OCH3 is 1. The Bertz CT molecular complexity index is 689. The highest BCUT2D eigenvalue weighted by molar-refractivity contribution is 14.0. The van der Waals surface area contributed by atoms with E-state index in [2.05, 4.69) is 47.6 Å². The van der Waals surface area contributed by atoms with E-state index in [1.807, 2.05) is 0 Å². The van der Waals surface area contributed by atoms with Gasteiger partial charge in [-0.05, 0) is 44.9 Å². The molecule has 8 heteroatoms. The lowest BCUT2D eigenvalue weighted by atomic mass is 10.1. The Hall–Kier alpha value is -1.10. The second-order valence-corrected chi connectivity index (χ2v) is 8.13. The van der Waals surface area contributed by atoms with Crippen LogP contribution in [0.1, 0.15) is 37.3 Å². The van der Waals surface area contributed by atoms with Crippen LogP contribution in [0.4, 0.5) is 0 Å². The summed E-state index contributed by atoms with van der Waals surface area (Å²) in [5, 5.41) is 6.80. The fourth-order valence-corrected chi connectivity index (χ4v) is 4.04. The largest absolute Gasteiger partial charge is 0.493 e. The number of halogens is 1. The Labute approximate surface area is 204 Å². The van der Waals surface area contributed by atoms with Gasteiger partial charge in [0.2, 0.25) is 0 Å². The van der Waals surface area contributed by atoms with Crippen LogP contribution in [-0.4, -0.2) is 76.1 Å². The molecule has 176 valence electrons. The van der Waals surface area contributed by atoms with E-state index in [-0.39, 0.29) is 30.1 Å². The van der Waals surface area contributed by atoms with Crippen molar-refractivity contribution in [1.82, 2.24) is 15.5 Å². The maximum atomic E-state index is 6.06. The molecule has 2 saturated heterocycles. The minimum absolute atomic E-state index is 0. The lowest BCUT2D eigenvalue weighted by molar-refractivity contribution is -0.0453. The molecule has 31 heavy (non-hydrogen) atoms. The van der Waals surface area contributed by atoms with Crippen LogP contribution >= 0.6 is 24.0 Å². The molecule has 0 aromatic heterocycles. The third-order valence-corrected chi connectivity index (χ3v) is 5.68. The zero-order valence-corrected chi connectivity index (χ0v) is 21.5. The third-order valence-electron chi connectivity index (χ3n) is 5.68. The Morgan fingerprint density at radius 1 is 1.29 bits per heavy atom. The zero-order valence-electron chi connectivity index (χ0n) is 19.2. The molecule has 7 nitrogen and oxygen atoms in total. The first kappa shape index (κ1) is 26.2. The summed E-state index contributed by atoms with van der Waals surface area (Å²) in [5.41, 5.74) is 2.27. The summed E-state index contributed by atoms with van der Waals surface area (Å²) in [4.78, 5) is 7.36. The summed E-state index contributed by atoms with van der Waals surface area (Å²) in [6.45, 7) is 10.7. The van der Waals surface area contributed by atoms with Crippen LogP contribution in [0.5, 0.6) is 5.75 Å². The van der Waals surface area contributed by atoms with Crippen molar-refractivity contribution in [3.05, 3.63) is 29.3 Å². The van der Waals surface area contributed by atoms with E-state index < -0.39 is 0 Å². The predicted octanol–water partition coefficient (Wildman–Crippen LogP) is 2.95. The second-order valence-electron chi connectivity index (χ2n) is 8.13. The van der Waals surface area contributed by atoms with Gasteiger partial charge in [-0.2, -0.15) is 0 Å². The Morgan fingerprint density at radius 2 is 2.16 bits per heavy atom. The van der Waals surface area contributed by atoms with E-state index in [1.54, 1.807) is 7.11 Å². The van der Waals surface area contributed by atoms with Crippen molar-refractivity contribution < 1.29 is 14.2 Å². The molecule has 3 rings (SSSR count). The van der Waals surface area contributed by atoms with Crippen LogP contribution in [0.3, 0.4) is 0 Å². The van der Waals surface area contributed by atoms with Crippen molar-refractivity contribution in [2.24, 2.45) is 4.99 Å². The van der Waals surface area contributed by atoms with Crippen LogP contribution < -0.4 is 15.4 Å². The second kappa shape index (κ2) is 14.1. The molecule has 0 aliphatic carbocycles. The van der Waals surface area contributed by atoms with E-state index in [1.165, 1.54) is 24.9 Å². The molecule has 2 atom stereocenters. The summed E-state index contributed by atoms with van der Waals surface area (Å²) in [6, 6.07) is 6.92. The molecule has 0 spiro atoms. The summed E-state index contributed by atoms with van der Waals surface area (Å²) in [7, 11) is 1.71. The molecule has 2 fully saturated rings. The molecular formula is C23H39IN4O3. The Balaban J connectivity index is 0.00000341. The Kier molecular flexibility index (Phi) is 11.9. The minimum atomic E-state index is 0. The highest BCUT2D eigenvalue weighted by Crippen LogP contribution is 2.23. The molecule has 1 aromatic rings. The summed E-state index contributed by atoms with van der Waals surface area (Å²) in [5.74, 6) is 1.72.